The summed E-state index contributed by atoms with van der Waals surface area (Å²) in [7, 11) is 1.68. The second-order valence-electron chi connectivity index (χ2n) is 5.58. The first-order chi connectivity index (χ1) is 9.60. The predicted octanol–water partition coefficient (Wildman–Crippen LogP) is 2.57. The van der Waals surface area contributed by atoms with E-state index in [4.69, 9.17) is 10.5 Å². The molecule has 1 atom stereocenters. The van der Waals surface area contributed by atoms with Gasteiger partial charge in [0, 0.05) is 31.8 Å². The molecule has 1 aliphatic carbocycles. The third kappa shape index (κ3) is 4.23. The van der Waals surface area contributed by atoms with Crippen LogP contribution in [0.1, 0.15) is 38.2 Å². The van der Waals surface area contributed by atoms with Crippen LogP contribution in [0, 0.1) is 0 Å². The fraction of sp³-hybridized carbons (Fsp3) is 0.562. The third-order valence-electron chi connectivity index (χ3n) is 3.81. The maximum Gasteiger partial charge on any atom is 0.223 e. The van der Waals surface area contributed by atoms with E-state index in [9.17, 15) is 4.79 Å². The summed E-state index contributed by atoms with van der Waals surface area (Å²) in [5.41, 5.74) is 7.59. The van der Waals surface area contributed by atoms with Gasteiger partial charge in [-0.2, -0.15) is 0 Å². The fourth-order valence-electron chi connectivity index (χ4n) is 2.22. The first kappa shape index (κ1) is 14.9. The topological polar surface area (TPSA) is 55.6 Å². The smallest absolute Gasteiger partial charge is 0.223 e. The Balaban J connectivity index is 1.93. The van der Waals surface area contributed by atoms with Gasteiger partial charge in [0.15, 0.2) is 0 Å². The number of anilines is 1. The van der Waals surface area contributed by atoms with Gasteiger partial charge in [0.2, 0.25) is 5.91 Å². The number of hydrogen-bond donors (Lipinski definition) is 1. The molecule has 1 saturated carbocycles. The van der Waals surface area contributed by atoms with E-state index in [0.29, 0.717) is 19.0 Å². The molecule has 0 spiro atoms. The molecular formula is C16H24N2O2. The molecule has 0 bridgehead atoms. The van der Waals surface area contributed by atoms with Gasteiger partial charge in [-0.05, 0) is 43.9 Å². The van der Waals surface area contributed by atoms with Crippen LogP contribution in [0.3, 0.4) is 0 Å². The molecule has 0 aromatic heterocycles. The zero-order chi connectivity index (χ0) is 14.5. The average molecular weight is 276 g/mol. The predicted molar refractivity (Wildman–Crippen MR) is 80.1 cm³/mol. The molecule has 2 rings (SSSR count). The third-order valence-corrected chi connectivity index (χ3v) is 3.81. The van der Waals surface area contributed by atoms with Crippen LogP contribution in [-0.2, 0) is 16.1 Å². The molecule has 110 valence electrons. The van der Waals surface area contributed by atoms with Gasteiger partial charge in [-0.3, -0.25) is 4.79 Å². The van der Waals surface area contributed by atoms with Crippen molar-refractivity contribution in [1.82, 2.24) is 4.90 Å². The lowest BCUT2D eigenvalue weighted by atomic mass is 10.1. The van der Waals surface area contributed by atoms with Crippen LogP contribution < -0.4 is 5.73 Å². The van der Waals surface area contributed by atoms with Crippen molar-refractivity contribution in [3.63, 3.8) is 0 Å². The number of rotatable bonds is 7. The summed E-state index contributed by atoms with van der Waals surface area (Å²) < 4.78 is 5.20. The van der Waals surface area contributed by atoms with Gasteiger partial charge in [-0.1, -0.05) is 12.1 Å². The van der Waals surface area contributed by atoms with E-state index in [1.54, 1.807) is 7.11 Å². The number of benzene rings is 1. The van der Waals surface area contributed by atoms with Gasteiger partial charge in [-0.25, -0.2) is 0 Å². The number of ether oxygens (including phenoxy) is 1. The number of hydrogen-bond acceptors (Lipinski definition) is 3. The van der Waals surface area contributed by atoms with Crippen LogP contribution in [0.2, 0.25) is 0 Å². The average Bonchev–Trinajstić information content (AvgIpc) is 3.28. The number of carbonyl (C=O) groups is 1. The minimum Gasteiger partial charge on any atom is -0.399 e. The Morgan fingerprint density at radius 2 is 2.05 bits per heavy atom. The van der Waals surface area contributed by atoms with Crippen molar-refractivity contribution in [2.24, 2.45) is 0 Å². The van der Waals surface area contributed by atoms with Crippen molar-refractivity contribution in [2.45, 2.75) is 51.3 Å². The summed E-state index contributed by atoms with van der Waals surface area (Å²) in [5.74, 6) is 0.230. The van der Waals surface area contributed by atoms with Gasteiger partial charge >= 0.3 is 0 Å². The molecule has 4 nitrogen and oxygen atoms in total. The normalized spacial score (nSPS) is 15.9. The number of nitrogens with zero attached hydrogens (tertiary/aromatic N) is 1. The van der Waals surface area contributed by atoms with Crippen molar-refractivity contribution in [3.8, 4) is 0 Å². The molecular weight excluding hydrogens is 252 g/mol. The molecule has 1 aliphatic rings. The quantitative estimate of drug-likeness (QED) is 0.779. The van der Waals surface area contributed by atoms with E-state index in [-0.39, 0.29) is 12.0 Å². The highest BCUT2D eigenvalue weighted by molar-refractivity contribution is 5.77. The number of carbonyl (C=O) groups excluding carboxylic acids is 1. The van der Waals surface area contributed by atoms with Crippen LogP contribution in [0.5, 0.6) is 0 Å². The Morgan fingerprint density at radius 1 is 1.40 bits per heavy atom. The number of amides is 1. The van der Waals surface area contributed by atoms with Crippen LogP contribution in [0.4, 0.5) is 5.69 Å². The summed E-state index contributed by atoms with van der Waals surface area (Å²) >= 11 is 0. The Bertz CT molecular complexity index is 440. The van der Waals surface area contributed by atoms with E-state index < -0.39 is 0 Å². The van der Waals surface area contributed by atoms with Crippen molar-refractivity contribution in [3.05, 3.63) is 29.8 Å². The summed E-state index contributed by atoms with van der Waals surface area (Å²) in [6.45, 7) is 2.68. The van der Waals surface area contributed by atoms with Gasteiger partial charge in [-0.15, -0.1) is 0 Å². The molecule has 1 aromatic rings. The van der Waals surface area contributed by atoms with Crippen LogP contribution in [0.15, 0.2) is 24.3 Å². The molecule has 0 saturated heterocycles. The molecule has 2 N–H and O–H groups in total. The maximum absolute atomic E-state index is 12.4. The zero-order valence-corrected chi connectivity index (χ0v) is 12.3. The van der Waals surface area contributed by atoms with Crippen LogP contribution in [0.25, 0.3) is 0 Å². The van der Waals surface area contributed by atoms with E-state index in [1.165, 1.54) is 0 Å². The van der Waals surface area contributed by atoms with Gasteiger partial charge in [0.05, 0.1) is 6.10 Å². The Kier molecular flexibility index (Phi) is 5.01. The summed E-state index contributed by atoms with van der Waals surface area (Å²) in [5, 5.41) is 0. The molecule has 1 amide bonds. The van der Waals surface area contributed by atoms with E-state index >= 15 is 0 Å². The number of nitrogen functional groups attached to an aromatic ring is 1. The highest BCUT2D eigenvalue weighted by atomic mass is 16.5. The summed E-state index contributed by atoms with van der Waals surface area (Å²) in [6.07, 6.45) is 3.72. The molecule has 4 heteroatoms. The molecule has 0 aliphatic heterocycles. The summed E-state index contributed by atoms with van der Waals surface area (Å²) in [6, 6.07) is 8.19. The first-order valence-electron chi connectivity index (χ1n) is 7.27. The fourth-order valence-corrected chi connectivity index (χ4v) is 2.22. The number of methoxy groups -OCH3 is 1. The second kappa shape index (κ2) is 6.75. The van der Waals surface area contributed by atoms with Crippen LogP contribution >= 0.6 is 0 Å². The monoisotopic (exact) mass is 276 g/mol. The highest BCUT2D eigenvalue weighted by Crippen LogP contribution is 2.29. The van der Waals surface area contributed by atoms with Crippen LogP contribution in [-0.4, -0.2) is 30.1 Å². The molecule has 1 fully saturated rings. The Morgan fingerprint density at radius 3 is 2.60 bits per heavy atom. The van der Waals surface area contributed by atoms with Crippen molar-refractivity contribution in [2.75, 3.05) is 12.8 Å². The standard InChI is InChI=1S/C16H24N2O2/c1-12(20-2)3-10-16(19)18(15-8-9-15)11-13-4-6-14(17)7-5-13/h4-7,12,15H,3,8-11,17H2,1-2H3. The maximum atomic E-state index is 12.4. The van der Waals surface area contributed by atoms with Crippen molar-refractivity contribution < 1.29 is 9.53 Å². The molecule has 1 aromatic carbocycles. The lowest BCUT2D eigenvalue weighted by molar-refractivity contribution is -0.133. The Labute approximate surface area is 120 Å². The van der Waals surface area contributed by atoms with Gasteiger partial charge in [0.25, 0.3) is 0 Å². The molecule has 1 unspecified atom stereocenters. The minimum absolute atomic E-state index is 0.136. The van der Waals surface area contributed by atoms with Crippen molar-refractivity contribution in [1.29, 1.82) is 0 Å². The molecule has 20 heavy (non-hydrogen) atoms. The van der Waals surface area contributed by atoms with E-state index in [2.05, 4.69) is 0 Å². The molecule has 0 radical (unpaired) electrons. The highest BCUT2D eigenvalue weighted by Gasteiger charge is 2.32. The van der Waals surface area contributed by atoms with Gasteiger partial charge in [0.1, 0.15) is 0 Å². The largest absolute Gasteiger partial charge is 0.399 e. The Hall–Kier alpha value is -1.55. The van der Waals surface area contributed by atoms with Gasteiger partial charge < -0.3 is 15.4 Å². The number of nitrogens with two attached hydrogens (primary N) is 1. The van der Waals surface area contributed by atoms with Crippen molar-refractivity contribution >= 4 is 11.6 Å². The van der Waals surface area contributed by atoms with E-state index in [1.807, 2.05) is 36.1 Å². The SMILES string of the molecule is COC(C)CCC(=O)N(Cc1ccc(N)cc1)C1CC1. The molecule has 0 heterocycles. The lowest BCUT2D eigenvalue weighted by Gasteiger charge is -2.23. The first-order valence-corrected chi connectivity index (χ1v) is 7.27. The van der Waals surface area contributed by atoms with E-state index in [0.717, 1.165) is 30.5 Å². The minimum atomic E-state index is 0.136. The second-order valence-corrected chi connectivity index (χ2v) is 5.58. The summed E-state index contributed by atoms with van der Waals surface area (Å²) in [4.78, 5) is 14.4. The lowest BCUT2D eigenvalue weighted by Crippen LogP contribution is -2.33. The zero-order valence-electron chi connectivity index (χ0n) is 12.3.